The van der Waals surface area contributed by atoms with E-state index in [9.17, 15) is 15.0 Å². The Balaban J connectivity index is 3.68. The van der Waals surface area contributed by atoms with E-state index >= 15 is 0 Å². The largest absolute Gasteiger partial charge is 0.394 e. The topological polar surface area (TPSA) is 69.6 Å². The molecule has 4 nitrogen and oxygen atoms in total. The van der Waals surface area contributed by atoms with Crippen molar-refractivity contribution in [2.75, 3.05) is 6.61 Å². The van der Waals surface area contributed by atoms with Crippen LogP contribution >= 0.6 is 0 Å². The van der Waals surface area contributed by atoms with E-state index in [0.29, 0.717) is 6.42 Å². The molecular formula is C26H45NO3. The third-order valence-electron chi connectivity index (χ3n) is 4.80. The summed E-state index contributed by atoms with van der Waals surface area (Å²) in [7, 11) is 0. The van der Waals surface area contributed by atoms with Crippen LogP contribution in [0, 0.1) is 0 Å². The van der Waals surface area contributed by atoms with E-state index in [1.54, 1.807) is 6.08 Å². The fourth-order valence-electron chi connectivity index (χ4n) is 2.96. The molecule has 0 bridgehead atoms. The lowest BCUT2D eigenvalue weighted by molar-refractivity contribution is -0.123. The standard InChI is InChI=1S/C26H45NO3/c1-3-5-7-8-9-10-11-12-13-14-15-16-17-18-20-22-26(30)27-24(23-28)25(29)21-19-6-4-2/h5,7,9-10,12-13,19,21,24-25,28-29H,3-4,6,8,11,14-18,20,22-23H2,1-2H3,(H,27,30)/b7-5-,10-9-,13-12-,21-19+. The molecule has 0 aromatic carbocycles. The Labute approximate surface area is 184 Å². The fraction of sp³-hybridized carbons (Fsp3) is 0.654. The zero-order chi connectivity index (χ0) is 22.3. The Bertz CT molecular complexity index is 508. The van der Waals surface area contributed by atoms with Gasteiger partial charge < -0.3 is 15.5 Å². The van der Waals surface area contributed by atoms with Gasteiger partial charge in [-0.15, -0.1) is 0 Å². The van der Waals surface area contributed by atoms with Crippen LogP contribution in [0.15, 0.2) is 48.6 Å². The Morgan fingerprint density at radius 1 is 0.833 bits per heavy atom. The van der Waals surface area contributed by atoms with Crippen molar-refractivity contribution in [2.45, 2.75) is 103 Å². The Kier molecular flexibility index (Phi) is 20.8. The highest BCUT2D eigenvalue weighted by molar-refractivity contribution is 5.76. The minimum atomic E-state index is -0.841. The molecule has 0 rings (SSSR count). The lowest BCUT2D eigenvalue weighted by Crippen LogP contribution is -2.45. The summed E-state index contributed by atoms with van der Waals surface area (Å²) in [5, 5.41) is 22.1. The Morgan fingerprint density at radius 2 is 1.47 bits per heavy atom. The van der Waals surface area contributed by atoms with Crippen LogP contribution in [0.25, 0.3) is 0 Å². The number of aliphatic hydroxyl groups is 2. The summed E-state index contributed by atoms with van der Waals surface area (Å²) in [6, 6.07) is -0.625. The van der Waals surface area contributed by atoms with Crippen LogP contribution in [-0.4, -0.2) is 34.9 Å². The van der Waals surface area contributed by atoms with Gasteiger partial charge in [0.1, 0.15) is 0 Å². The lowest BCUT2D eigenvalue weighted by atomic mass is 10.1. The number of aliphatic hydroxyl groups excluding tert-OH is 2. The normalized spacial score (nSPS) is 14.4. The first-order chi connectivity index (χ1) is 14.7. The van der Waals surface area contributed by atoms with Gasteiger partial charge in [0.2, 0.25) is 5.91 Å². The Hall–Kier alpha value is -1.65. The van der Waals surface area contributed by atoms with Crippen molar-refractivity contribution in [1.82, 2.24) is 5.32 Å². The molecule has 0 fully saturated rings. The monoisotopic (exact) mass is 419 g/mol. The number of rotatable bonds is 19. The molecule has 172 valence electrons. The SMILES string of the molecule is CC/C=C\C/C=C\C/C=C\CCCCCCCC(=O)NC(CO)C(O)/C=C/CCC. The van der Waals surface area contributed by atoms with Crippen LogP contribution in [0.1, 0.15) is 90.9 Å². The molecule has 0 radical (unpaired) electrons. The zero-order valence-electron chi connectivity index (χ0n) is 19.3. The van der Waals surface area contributed by atoms with Gasteiger partial charge in [-0.2, -0.15) is 0 Å². The number of carbonyl (C=O) groups is 1. The van der Waals surface area contributed by atoms with Crippen LogP contribution < -0.4 is 5.32 Å². The second-order valence-electron chi connectivity index (χ2n) is 7.66. The molecule has 0 aliphatic carbocycles. The van der Waals surface area contributed by atoms with Crippen LogP contribution in [0.2, 0.25) is 0 Å². The van der Waals surface area contributed by atoms with Gasteiger partial charge >= 0.3 is 0 Å². The molecule has 0 saturated carbocycles. The summed E-state index contributed by atoms with van der Waals surface area (Å²) in [6.07, 6.45) is 28.0. The third kappa shape index (κ3) is 18.4. The average molecular weight is 420 g/mol. The maximum Gasteiger partial charge on any atom is 0.220 e. The summed E-state index contributed by atoms with van der Waals surface area (Å²) < 4.78 is 0. The first kappa shape index (κ1) is 28.4. The molecule has 30 heavy (non-hydrogen) atoms. The minimum absolute atomic E-state index is 0.0989. The second-order valence-corrected chi connectivity index (χ2v) is 7.66. The van der Waals surface area contributed by atoms with Gasteiger partial charge in [-0.05, 0) is 44.9 Å². The highest BCUT2D eigenvalue weighted by Gasteiger charge is 2.17. The molecule has 0 aromatic rings. The minimum Gasteiger partial charge on any atom is -0.394 e. The molecule has 4 heteroatoms. The van der Waals surface area contributed by atoms with Crippen LogP contribution in [0.5, 0.6) is 0 Å². The van der Waals surface area contributed by atoms with E-state index in [0.717, 1.165) is 57.8 Å². The van der Waals surface area contributed by atoms with E-state index in [2.05, 4.69) is 55.6 Å². The second kappa shape index (κ2) is 22.0. The number of hydrogen-bond acceptors (Lipinski definition) is 3. The molecule has 3 N–H and O–H groups in total. The molecule has 0 aliphatic heterocycles. The van der Waals surface area contributed by atoms with Crippen molar-refractivity contribution in [3.63, 3.8) is 0 Å². The molecule has 1 amide bonds. The van der Waals surface area contributed by atoms with Gasteiger partial charge in [-0.1, -0.05) is 88.1 Å². The fourth-order valence-corrected chi connectivity index (χ4v) is 2.96. The smallest absolute Gasteiger partial charge is 0.220 e. The van der Waals surface area contributed by atoms with Crippen molar-refractivity contribution in [3.8, 4) is 0 Å². The number of unbranched alkanes of at least 4 members (excludes halogenated alkanes) is 6. The zero-order valence-corrected chi connectivity index (χ0v) is 19.3. The van der Waals surface area contributed by atoms with Crippen LogP contribution in [0.4, 0.5) is 0 Å². The summed E-state index contributed by atoms with van der Waals surface area (Å²) in [5.41, 5.74) is 0. The van der Waals surface area contributed by atoms with E-state index in [4.69, 9.17) is 0 Å². The quantitative estimate of drug-likeness (QED) is 0.184. The maximum absolute atomic E-state index is 12.0. The van der Waals surface area contributed by atoms with Crippen LogP contribution in [-0.2, 0) is 4.79 Å². The number of nitrogens with one attached hydrogen (secondary N) is 1. The van der Waals surface area contributed by atoms with Crippen molar-refractivity contribution < 1.29 is 15.0 Å². The molecular weight excluding hydrogens is 374 g/mol. The van der Waals surface area contributed by atoms with Crippen molar-refractivity contribution in [3.05, 3.63) is 48.6 Å². The lowest BCUT2D eigenvalue weighted by Gasteiger charge is -2.19. The number of carbonyl (C=O) groups excluding carboxylic acids is 1. The number of allylic oxidation sites excluding steroid dienone is 7. The van der Waals surface area contributed by atoms with Gasteiger partial charge in [-0.3, -0.25) is 4.79 Å². The van der Waals surface area contributed by atoms with Crippen molar-refractivity contribution >= 4 is 5.91 Å². The van der Waals surface area contributed by atoms with E-state index in [-0.39, 0.29) is 12.5 Å². The molecule has 2 unspecified atom stereocenters. The van der Waals surface area contributed by atoms with Crippen molar-refractivity contribution in [1.29, 1.82) is 0 Å². The Morgan fingerprint density at radius 3 is 2.13 bits per heavy atom. The van der Waals surface area contributed by atoms with E-state index in [1.807, 2.05) is 6.08 Å². The van der Waals surface area contributed by atoms with Crippen LogP contribution in [0.3, 0.4) is 0 Å². The summed E-state index contributed by atoms with van der Waals surface area (Å²) >= 11 is 0. The molecule has 0 saturated heterocycles. The molecule has 0 heterocycles. The predicted octanol–water partition coefficient (Wildman–Crippen LogP) is 5.77. The summed E-state index contributed by atoms with van der Waals surface area (Å²) in [5.74, 6) is -0.0989. The molecule has 0 spiro atoms. The maximum atomic E-state index is 12.0. The highest BCUT2D eigenvalue weighted by atomic mass is 16.3. The first-order valence-electron chi connectivity index (χ1n) is 11.9. The van der Waals surface area contributed by atoms with Crippen molar-refractivity contribution in [2.24, 2.45) is 0 Å². The van der Waals surface area contributed by atoms with E-state index in [1.165, 1.54) is 12.8 Å². The van der Waals surface area contributed by atoms with Gasteiger partial charge in [0.05, 0.1) is 18.8 Å². The number of amides is 1. The van der Waals surface area contributed by atoms with Gasteiger partial charge in [-0.25, -0.2) is 0 Å². The van der Waals surface area contributed by atoms with Gasteiger partial charge in [0, 0.05) is 6.42 Å². The highest BCUT2D eigenvalue weighted by Crippen LogP contribution is 2.08. The predicted molar refractivity (Wildman–Crippen MR) is 128 cm³/mol. The van der Waals surface area contributed by atoms with Gasteiger partial charge in [0.15, 0.2) is 0 Å². The molecule has 2 atom stereocenters. The number of hydrogen-bond donors (Lipinski definition) is 3. The van der Waals surface area contributed by atoms with Gasteiger partial charge in [0.25, 0.3) is 0 Å². The average Bonchev–Trinajstić information content (AvgIpc) is 2.74. The first-order valence-corrected chi connectivity index (χ1v) is 11.9. The molecule has 0 aliphatic rings. The molecule has 0 aromatic heterocycles. The summed E-state index contributed by atoms with van der Waals surface area (Å²) in [6.45, 7) is 3.95. The van der Waals surface area contributed by atoms with E-state index < -0.39 is 12.1 Å². The third-order valence-corrected chi connectivity index (χ3v) is 4.80. The summed E-state index contributed by atoms with van der Waals surface area (Å²) in [4.78, 5) is 12.0.